The number of hydrogen-bond donors (Lipinski definition) is 3. The second-order valence-electron chi connectivity index (χ2n) is 13.1. The number of fused-ring (bicyclic) bond motifs is 5. The zero-order chi connectivity index (χ0) is 35.7. The van der Waals surface area contributed by atoms with Crippen LogP contribution in [0.1, 0.15) is 55.9 Å². The lowest BCUT2D eigenvalue weighted by Crippen LogP contribution is -2.53. The van der Waals surface area contributed by atoms with Crippen LogP contribution in [0.2, 0.25) is 0 Å². The molecule has 0 aliphatic carbocycles. The molecule has 260 valence electrons. The molecule has 0 radical (unpaired) electrons. The molecular formula is C37H38BrN5O7. The van der Waals surface area contributed by atoms with Gasteiger partial charge in [-0.05, 0) is 55.0 Å². The summed E-state index contributed by atoms with van der Waals surface area (Å²) in [6.07, 6.45) is 0.548. The standard InChI is InChI=1S/C37H38BrN5O7/c1-4-37(50-31(44)17-40-34(46)29(13-20(2)3)42-33(45)27(39)14-21-9-6-5-7-10-21)25-16-30-32-22(15-23-26(38)11-8-12-28(23)41-32)18-43(30)35(47)24(25)19-49-36(37)48/h5-12,15-16,20,27,29H,4,13-14,17-19,39H2,1-3H3,(H,40,46)(H,42,45)/t27-,29?,37-/m0/s1. The zero-order valence-corrected chi connectivity index (χ0v) is 29.5. The van der Waals surface area contributed by atoms with Gasteiger partial charge in [0.25, 0.3) is 5.56 Å². The van der Waals surface area contributed by atoms with Crippen LogP contribution in [0, 0.1) is 5.92 Å². The molecule has 0 bridgehead atoms. The monoisotopic (exact) mass is 743 g/mol. The van der Waals surface area contributed by atoms with Crippen LogP contribution in [0.3, 0.4) is 0 Å². The smallest absolute Gasteiger partial charge is 0.355 e. The molecule has 2 aromatic carbocycles. The molecule has 0 saturated carbocycles. The van der Waals surface area contributed by atoms with E-state index in [4.69, 9.17) is 20.2 Å². The second kappa shape index (κ2) is 14.2. The molecule has 0 spiro atoms. The molecule has 2 aliphatic heterocycles. The van der Waals surface area contributed by atoms with Crippen molar-refractivity contribution in [2.24, 2.45) is 11.7 Å². The van der Waals surface area contributed by atoms with Crippen molar-refractivity contribution < 1.29 is 28.7 Å². The average Bonchev–Trinajstić information content (AvgIpc) is 3.45. The Morgan fingerprint density at radius 2 is 1.84 bits per heavy atom. The number of nitrogens with one attached hydrogen (secondary N) is 2. The summed E-state index contributed by atoms with van der Waals surface area (Å²) in [5.41, 5.74) is 7.82. The Kier molecular flexibility index (Phi) is 9.90. The number of pyridine rings is 2. The quantitative estimate of drug-likeness (QED) is 0.171. The molecule has 4 N–H and O–H groups in total. The zero-order valence-electron chi connectivity index (χ0n) is 28.0. The third-order valence-electron chi connectivity index (χ3n) is 9.14. The number of carbonyl (C=O) groups excluding carboxylic acids is 4. The third-order valence-corrected chi connectivity index (χ3v) is 9.83. The number of ether oxygens (including phenoxy) is 2. The first kappa shape index (κ1) is 35.0. The highest BCUT2D eigenvalue weighted by Gasteiger charge is 2.50. The molecule has 50 heavy (non-hydrogen) atoms. The fraction of sp³-hybridized carbons (Fsp3) is 0.351. The number of carbonyl (C=O) groups is 4. The van der Waals surface area contributed by atoms with E-state index >= 15 is 0 Å². The summed E-state index contributed by atoms with van der Waals surface area (Å²) in [4.78, 5) is 71.7. The Bertz CT molecular complexity index is 2070. The number of hydrogen-bond acceptors (Lipinski definition) is 9. The molecule has 2 aliphatic rings. The highest BCUT2D eigenvalue weighted by Crippen LogP contribution is 2.41. The molecule has 6 rings (SSSR count). The van der Waals surface area contributed by atoms with Crippen molar-refractivity contribution in [3.8, 4) is 11.4 Å². The van der Waals surface area contributed by atoms with Gasteiger partial charge in [-0.15, -0.1) is 0 Å². The van der Waals surface area contributed by atoms with Crippen molar-refractivity contribution in [2.45, 2.75) is 70.9 Å². The number of amides is 2. The summed E-state index contributed by atoms with van der Waals surface area (Å²) >= 11 is 3.57. The van der Waals surface area contributed by atoms with Crippen LogP contribution in [0.5, 0.6) is 0 Å². The van der Waals surface area contributed by atoms with Crippen LogP contribution in [0.15, 0.2) is 69.9 Å². The molecule has 4 aromatic rings. The van der Waals surface area contributed by atoms with Gasteiger partial charge < -0.3 is 30.4 Å². The van der Waals surface area contributed by atoms with E-state index in [1.165, 1.54) is 0 Å². The Hall–Kier alpha value is -4.88. The molecule has 2 amide bonds. The molecule has 12 nitrogen and oxygen atoms in total. The van der Waals surface area contributed by atoms with Crippen LogP contribution >= 0.6 is 15.9 Å². The summed E-state index contributed by atoms with van der Waals surface area (Å²) in [5.74, 6) is -2.82. The fourth-order valence-electron chi connectivity index (χ4n) is 6.58. The van der Waals surface area contributed by atoms with Gasteiger partial charge in [-0.1, -0.05) is 73.1 Å². The predicted octanol–water partition coefficient (Wildman–Crippen LogP) is 3.61. The van der Waals surface area contributed by atoms with E-state index in [1.807, 2.05) is 68.4 Å². The lowest BCUT2D eigenvalue weighted by molar-refractivity contribution is -0.189. The summed E-state index contributed by atoms with van der Waals surface area (Å²) in [7, 11) is 0. The first-order valence-electron chi connectivity index (χ1n) is 16.5. The number of cyclic esters (lactones) is 1. The lowest BCUT2D eigenvalue weighted by Gasteiger charge is -2.35. The number of benzene rings is 2. The minimum Gasteiger partial charge on any atom is -0.457 e. The number of rotatable bonds is 11. The third kappa shape index (κ3) is 6.67. The van der Waals surface area contributed by atoms with Crippen LogP contribution < -0.4 is 21.9 Å². The van der Waals surface area contributed by atoms with Gasteiger partial charge in [-0.3, -0.25) is 19.2 Å². The van der Waals surface area contributed by atoms with Crippen molar-refractivity contribution in [3.63, 3.8) is 0 Å². The Morgan fingerprint density at radius 1 is 1.08 bits per heavy atom. The van der Waals surface area contributed by atoms with Crippen molar-refractivity contribution in [1.29, 1.82) is 0 Å². The highest BCUT2D eigenvalue weighted by atomic mass is 79.9. The normalized spacial score (nSPS) is 17.3. The maximum absolute atomic E-state index is 13.8. The van der Waals surface area contributed by atoms with Crippen molar-refractivity contribution >= 4 is 50.6 Å². The van der Waals surface area contributed by atoms with Crippen molar-refractivity contribution in [3.05, 3.63) is 97.7 Å². The van der Waals surface area contributed by atoms with Crippen LogP contribution in [0.4, 0.5) is 0 Å². The first-order chi connectivity index (χ1) is 23.9. The minimum absolute atomic E-state index is 0.0280. The predicted molar refractivity (Wildman–Crippen MR) is 189 cm³/mol. The Morgan fingerprint density at radius 3 is 2.56 bits per heavy atom. The van der Waals surface area contributed by atoms with E-state index in [0.717, 1.165) is 26.5 Å². The number of aromatic nitrogens is 2. The molecule has 13 heteroatoms. The van der Waals surface area contributed by atoms with Gasteiger partial charge in [0.2, 0.25) is 17.4 Å². The van der Waals surface area contributed by atoms with Gasteiger partial charge in [0.15, 0.2) is 0 Å². The van der Waals surface area contributed by atoms with Crippen molar-refractivity contribution in [1.82, 2.24) is 20.2 Å². The molecule has 2 aromatic heterocycles. The van der Waals surface area contributed by atoms with Crippen LogP contribution in [-0.2, 0) is 53.8 Å². The molecule has 0 fully saturated rings. The molecule has 0 saturated heterocycles. The molecule has 1 unspecified atom stereocenters. The first-order valence-corrected chi connectivity index (χ1v) is 17.3. The Labute approximate surface area is 296 Å². The number of nitrogens with two attached hydrogens (primary N) is 1. The van der Waals surface area contributed by atoms with Gasteiger partial charge in [0.05, 0.1) is 35.1 Å². The van der Waals surface area contributed by atoms with E-state index in [-0.39, 0.29) is 48.6 Å². The number of halogens is 1. The minimum atomic E-state index is -1.93. The number of nitrogens with zero attached hydrogens (tertiary/aromatic N) is 2. The van der Waals surface area contributed by atoms with Gasteiger partial charge >= 0.3 is 11.9 Å². The fourth-order valence-corrected chi connectivity index (χ4v) is 7.05. The molecule has 4 heterocycles. The lowest BCUT2D eigenvalue weighted by atomic mass is 9.85. The van der Waals surface area contributed by atoms with Gasteiger partial charge in [0.1, 0.15) is 19.2 Å². The number of esters is 2. The van der Waals surface area contributed by atoms with Crippen LogP contribution in [0.25, 0.3) is 22.3 Å². The van der Waals surface area contributed by atoms with E-state index < -0.39 is 48.0 Å². The SMILES string of the molecule is CC[C@@]1(OC(=O)CNC(=O)C(CC(C)C)NC(=O)[C@@H](N)Cc2ccccc2)C(=O)OCc2c1cc1n(c2=O)Cc2cc3c(Br)cccc3nc2-1. The Balaban J connectivity index is 1.21. The maximum Gasteiger partial charge on any atom is 0.355 e. The van der Waals surface area contributed by atoms with E-state index in [1.54, 1.807) is 17.6 Å². The summed E-state index contributed by atoms with van der Waals surface area (Å²) < 4.78 is 13.7. The van der Waals surface area contributed by atoms with E-state index in [0.29, 0.717) is 17.8 Å². The van der Waals surface area contributed by atoms with Gasteiger partial charge in [0, 0.05) is 21.0 Å². The largest absolute Gasteiger partial charge is 0.457 e. The molecular weight excluding hydrogens is 706 g/mol. The van der Waals surface area contributed by atoms with E-state index in [2.05, 4.69) is 26.6 Å². The van der Waals surface area contributed by atoms with Gasteiger partial charge in [-0.25, -0.2) is 9.78 Å². The summed E-state index contributed by atoms with van der Waals surface area (Å²) in [6, 6.07) is 16.8. The highest BCUT2D eigenvalue weighted by molar-refractivity contribution is 9.10. The average molecular weight is 745 g/mol. The maximum atomic E-state index is 13.8. The summed E-state index contributed by atoms with van der Waals surface area (Å²) in [6.45, 7) is 4.86. The van der Waals surface area contributed by atoms with Crippen LogP contribution in [-0.4, -0.2) is 51.9 Å². The van der Waals surface area contributed by atoms with Gasteiger partial charge in [-0.2, -0.15) is 0 Å². The molecule has 3 atom stereocenters. The van der Waals surface area contributed by atoms with E-state index in [9.17, 15) is 24.0 Å². The topological polar surface area (TPSA) is 172 Å². The summed E-state index contributed by atoms with van der Waals surface area (Å²) in [5, 5.41) is 6.16. The second-order valence-corrected chi connectivity index (χ2v) is 13.9. The van der Waals surface area contributed by atoms with Crippen molar-refractivity contribution in [2.75, 3.05) is 6.54 Å².